The van der Waals surface area contributed by atoms with Gasteiger partial charge in [-0.1, -0.05) is 43.3 Å². The molecule has 0 spiro atoms. The Morgan fingerprint density at radius 2 is 1.18 bits per heavy atom. The molecule has 0 saturated heterocycles. The minimum Gasteiger partial charge on any atom is -0.393 e. The molecule has 1 aromatic rings. The third-order valence-electron chi connectivity index (χ3n) is 1.26. The highest BCUT2D eigenvalue weighted by atomic mass is 16.3. The first-order valence-electron chi connectivity index (χ1n) is 3.95. The average Bonchev–Trinajstić information content (AvgIpc) is 2.09. The zero-order chi connectivity index (χ0) is 8.53. The van der Waals surface area contributed by atoms with E-state index in [1.54, 1.807) is 6.92 Å². The third-order valence-corrected chi connectivity index (χ3v) is 1.26. The van der Waals surface area contributed by atoms with Crippen molar-refractivity contribution < 1.29 is 5.11 Å². The SMILES string of the molecule is CCC(C)O.c1ccccc1. The second-order valence-corrected chi connectivity index (χ2v) is 2.41. The summed E-state index contributed by atoms with van der Waals surface area (Å²) in [5, 5.41) is 8.36. The van der Waals surface area contributed by atoms with Crippen molar-refractivity contribution in [2.75, 3.05) is 0 Å². The monoisotopic (exact) mass is 152 g/mol. The van der Waals surface area contributed by atoms with Gasteiger partial charge in [-0.3, -0.25) is 0 Å². The summed E-state index contributed by atoms with van der Waals surface area (Å²) in [5.41, 5.74) is 0. The second-order valence-electron chi connectivity index (χ2n) is 2.41. The molecule has 0 radical (unpaired) electrons. The van der Waals surface area contributed by atoms with E-state index in [1.165, 1.54) is 0 Å². The summed E-state index contributed by atoms with van der Waals surface area (Å²) in [6, 6.07) is 12.0. The maximum absolute atomic E-state index is 8.36. The zero-order valence-corrected chi connectivity index (χ0v) is 7.20. The number of rotatable bonds is 1. The van der Waals surface area contributed by atoms with Crippen molar-refractivity contribution in [2.45, 2.75) is 26.4 Å². The molecule has 1 nitrogen and oxygen atoms in total. The summed E-state index contributed by atoms with van der Waals surface area (Å²) in [7, 11) is 0. The van der Waals surface area contributed by atoms with Crippen molar-refractivity contribution >= 4 is 0 Å². The normalized spacial score (nSPS) is 11.2. The Morgan fingerprint density at radius 1 is 1.00 bits per heavy atom. The minimum atomic E-state index is -0.116. The highest BCUT2D eigenvalue weighted by Crippen LogP contribution is 1.81. The van der Waals surface area contributed by atoms with Gasteiger partial charge in [-0.25, -0.2) is 0 Å². The lowest BCUT2D eigenvalue weighted by Crippen LogP contribution is -1.93. The van der Waals surface area contributed by atoms with E-state index < -0.39 is 0 Å². The van der Waals surface area contributed by atoms with Crippen LogP contribution in [0.25, 0.3) is 0 Å². The van der Waals surface area contributed by atoms with Gasteiger partial charge in [0, 0.05) is 0 Å². The first-order chi connectivity index (χ1) is 5.27. The first-order valence-corrected chi connectivity index (χ1v) is 3.95. The van der Waals surface area contributed by atoms with Gasteiger partial charge in [0.25, 0.3) is 0 Å². The van der Waals surface area contributed by atoms with Crippen LogP contribution in [-0.2, 0) is 0 Å². The van der Waals surface area contributed by atoms with E-state index in [-0.39, 0.29) is 6.10 Å². The standard InChI is InChI=1S/C6H6.C4H10O/c1-2-4-6-5-3-1;1-3-4(2)5/h1-6H;4-5H,3H2,1-2H3. The molecule has 0 aliphatic heterocycles. The van der Waals surface area contributed by atoms with Crippen molar-refractivity contribution in [3.05, 3.63) is 36.4 Å². The number of aliphatic hydroxyl groups is 1. The fourth-order valence-corrected chi connectivity index (χ4v) is 0.385. The Balaban J connectivity index is 0.000000187. The average molecular weight is 152 g/mol. The lowest BCUT2D eigenvalue weighted by atomic mass is 10.3. The number of hydrogen-bond acceptors (Lipinski definition) is 1. The molecule has 1 rings (SSSR count). The van der Waals surface area contributed by atoms with Gasteiger partial charge in [0.2, 0.25) is 0 Å². The van der Waals surface area contributed by atoms with E-state index in [2.05, 4.69) is 0 Å². The summed E-state index contributed by atoms with van der Waals surface area (Å²) >= 11 is 0. The molecule has 1 unspecified atom stereocenters. The van der Waals surface area contributed by atoms with Crippen molar-refractivity contribution in [2.24, 2.45) is 0 Å². The number of benzene rings is 1. The van der Waals surface area contributed by atoms with E-state index in [9.17, 15) is 0 Å². The molecule has 1 aromatic carbocycles. The Hall–Kier alpha value is -0.820. The van der Waals surface area contributed by atoms with Gasteiger partial charge in [0.1, 0.15) is 0 Å². The largest absolute Gasteiger partial charge is 0.393 e. The Morgan fingerprint density at radius 3 is 1.27 bits per heavy atom. The van der Waals surface area contributed by atoms with Crippen molar-refractivity contribution in [3.8, 4) is 0 Å². The molecule has 0 amide bonds. The molecule has 0 bridgehead atoms. The molecule has 0 aliphatic rings. The van der Waals surface area contributed by atoms with Crippen LogP contribution in [0.5, 0.6) is 0 Å². The lowest BCUT2D eigenvalue weighted by Gasteiger charge is -1.90. The molecule has 0 fully saturated rings. The molecule has 0 aromatic heterocycles. The van der Waals surface area contributed by atoms with Crippen LogP contribution in [0.2, 0.25) is 0 Å². The van der Waals surface area contributed by atoms with E-state index in [0.29, 0.717) is 0 Å². The van der Waals surface area contributed by atoms with Crippen molar-refractivity contribution in [3.63, 3.8) is 0 Å². The first kappa shape index (κ1) is 10.2. The van der Waals surface area contributed by atoms with Gasteiger partial charge < -0.3 is 5.11 Å². The van der Waals surface area contributed by atoms with Crippen LogP contribution < -0.4 is 0 Å². The van der Waals surface area contributed by atoms with Crippen molar-refractivity contribution in [1.82, 2.24) is 0 Å². The van der Waals surface area contributed by atoms with Crippen LogP contribution in [0.4, 0.5) is 0 Å². The summed E-state index contributed by atoms with van der Waals surface area (Å²) in [5.74, 6) is 0. The molecule has 62 valence electrons. The van der Waals surface area contributed by atoms with Gasteiger partial charge in [0.15, 0.2) is 0 Å². The molecule has 0 saturated carbocycles. The molecule has 0 heterocycles. The van der Waals surface area contributed by atoms with Crippen LogP contribution in [0.1, 0.15) is 20.3 Å². The van der Waals surface area contributed by atoms with E-state index in [4.69, 9.17) is 5.11 Å². The van der Waals surface area contributed by atoms with E-state index in [1.807, 2.05) is 43.3 Å². The van der Waals surface area contributed by atoms with Crippen LogP contribution in [-0.4, -0.2) is 11.2 Å². The van der Waals surface area contributed by atoms with Crippen molar-refractivity contribution in [1.29, 1.82) is 0 Å². The predicted molar refractivity (Wildman–Crippen MR) is 48.4 cm³/mol. The molecular weight excluding hydrogens is 136 g/mol. The van der Waals surface area contributed by atoms with Gasteiger partial charge >= 0.3 is 0 Å². The molecule has 1 heteroatoms. The maximum atomic E-state index is 8.36. The fraction of sp³-hybridized carbons (Fsp3) is 0.400. The number of hydrogen-bond donors (Lipinski definition) is 1. The molecule has 11 heavy (non-hydrogen) atoms. The van der Waals surface area contributed by atoms with E-state index >= 15 is 0 Å². The van der Waals surface area contributed by atoms with Crippen LogP contribution in [0.15, 0.2) is 36.4 Å². The van der Waals surface area contributed by atoms with Crippen LogP contribution in [0, 0.1) is 0 Å². The second kappa shape index (κ2) is 7.29. The summed E-state index contributed by atoms with van der Waals surface area (Å²) in [6.07, 6.45) is 0.745. The maximum Gasteiger partial charge on any atom is 0.0509 e. The summed E-state index contributed by atoms with van der Waals surface area (Å²) < 4.78 is 0. The molecule has 0 aliphatic carbocycles. The zero-order valence-electron chi connectivity index (χ0n) is 7.20. The Kier molecular flexibility index (Phi) is 6.75. The van der Waals surface area contributed by atoms with Gasteiger partial charge in [0.05, 0.1) is 6.10 Å². The fourth-order valence-electron chi connectivity index (χ4n) is 0.385. The lowest BCUT2D eigenvalue weighted by molar-refractivity contribution is 0.191. The molecule has 1 atom stereocenters. The predicted octanol–water partition coefficient (Wildman–Crippen LogP) is 2.46. The molecular formula is C10H16O. The summed E-state index contributed by atoms with van der Waals surface area (Å²) in [4.78, 5) is 0. The number of aliphatic hydroxyl groups excluding tert-OH is 1. The van der Waals surface area contributed by atoms with Gasteiger partial charge in [-0.2, -0.15) is 0 Å². The van der Waals surface area contributed by atoms with Gasteiger partial charge in [-0.05, 0) is 13.3 Å². The van der Waals surface area contributed by atoms with Crippen LogP contribution >= 0.6 is 0 Å². The smallest absolute Gasteiger partial charge is 0.0509 e. The topological polar surface area (TPSA) is 20.2 Å². The highest BCUT2D eigenvalue weighted by Gasteiger charge is 1.81. The molecule has 1 N–H and O–H groups in total. The quantitative estimate of drug-likeness (QED) is 0.655. The highest BCUT2D eigenvalue weighted by molar-refractivity contribution is 4.99. The van der Waals surface area contributed by atoms with E-state index in [0.717, 1.165) is 6.42 Å². The van der Waals surface area contributed by atoms with Gasteiger partial charge in [-0.15, -0.1) is 0 Å². The Labute approximate surface area is 68.7 Å². The Bertz CT molecular complexity index is 120. The minimum absolute atomic E-state index is 0.116. The summed E-state index contributed by atoms with van der Waals surface area (Å²) in [6.45, 7) is 3.73. The van der Waals surface area contributed by atoms with Crippen LogP contribution in [0.3, 0.4) is 0 Å². The third kappa shape index (κ3) is 9.18.